The molecule has 1 fully saturated rings. The van der Waals surface area contributed by atoms with Crippen LogP contribution in [0.3, 0.4) is 0 Å². The lowest BCUT2D eigenvalue weighted by Gasteiger charge is -2.33. The summed E-state index contributed by atoms with van der Waals surface area (Å²) in [5.41, 5.74) is 0. The Labute approximate surface area is 79.2 Å². The van der Waals surface area contributed by atoms with Gasteiger partial charge in [0, 0.05) is 19.4 Å². The van der Waals surface area contributed by atoms with E-state index in [9.17, 15) is 0 Å². The van der Waals surface area contributed by atoms with E-state index in [1.54, 1.807) is 0 Å². The van der Waals surface area contributed by atoms with Gasteiger partial charge in [-0.1, -0.05) is 6.42 Å². The normalized spacial score (nSPS) is 19.8. The fraction of sp³-hybridized carbons (Fsp3) is 0.700. The average molecular weight is 179 g/mol. The summed E-state index contributed by atoms with van der Waals surface area (Å²) in [5, 5.41) is 3.36. The summed E-state index contributed by atoms with van der Waals surface area (Å²) in [4.78, 5) is 4.39. The lowest BCUT2D eigenvalue weighted by molar-refractivity contribution is 0.229. The molecule has 3 heteroatoms. The number of aromatic nitrogens is 2. The molecule has 1 aromatic heterocycles. The van der Waals surface area contributed by atoms with Gasteiger partial charge in [0.05, 0.1) is 6.04 Å². The van der Waals surface area contributed by atoms with Gasteiger partial charge in [0.1, 0.15) is 5.82 Å². The summed E-state index contributed by atoms with van der Waals surface area (Å²) in [5.74, 6) is 1.97. The Kier molecular flexibility index (Phi) is 2.36. The maximum atomic E-state index is 4.39. The van der Waals surface area contributed by atoms with Crippen LogP contribution in [-0.2, 0) is 7.05 Å². The highest BCUT2D eigenvalue weighted by Crippen LogP contribution is 2.36. The Balaban J connectivity index is 2.16. The van der Waals surface area contributed by atoms with E-state index in [1.165, 1.54) is 25.1 Å². The number of rotatable bonds is 3. The molecule has 1 atom stereocenters. The number of aryl methyl sites for hydroxylation is 1. The second kappa shape index (κ2) is 3.50. The molecule has 1 aromatic rings. The van der Waals surface area contributed by atoms with Crippen LogP contribution in [0.5, 0.6) is 0 Å². The SMILES string of the molecule is CNC(c1nccn1C)C1CCC1. The van der Waals surface area contributed by atoms with Gasteiger partial charge >= 0.3 is 0 Å². The molecule has 3 nitrogen and oxygen atoms in total. The van der Waals surface area contributed by atoms with Crippen LogP contribution in [0, 0.1) is 5.92 Å². The van der Waals surface area contributed by atoms with Gasteiger partial charge in [0.2, 0.25) is 0 Å². The van der Waals surface area contributed by atoms with E-state index in [1.807, 2.05) is 19.4 Å². The van der Waals surface area contributed by atoms with Gasteiger partial charge in [0.15, 0.2) is 0 Å². The highest BCUT2D eigenvalue weighted by molar-refractivity contribution is 5.02. The largest absolute Gasteiger partial charge is 0.337 e. The Morgan fingerprint density at radius 2 is 2.38 bits per heavy atom. The Morgan fingerprint density at radius 3 is 2.77 bits per heavy atom. The number of nitrogens with zero attached hydrogens (tertiary/aromatic N) is 2. The minimum Gasteiger partial charge on any atom is -0.337 e. The summed E-state index contributed by atoms with van der Waals surface area (Å²) in [6.45, 7) is 0. The molecule has 1 N–H and O–H groups in total. The molecule has 0 aliphatic heterocycles. The van der Waals surface area contributed by atoms with Gasteiger partial charge < -0.3 is 9.88 Å². The zero-order chi connectivity index (χ0) is 9.26. The second-order valence-corrected chi connectivity index (χ2v) is 3.85. The van der Waals surface area contributed by atoms with Crippen molar-refractivity contribution in [1.82, 2.24) is 14.9 Å². The maximum Gasteiger partial charge on any atom is 0.125 e. The number of imidazole rings is 1. The predicted molar refractivity (Wildman–Crippen MR) is 52.3 cm³/mol. The fourth-order valence-corrected chi connectivity index (χ4v) is 2.03. The highest BCUT2D eigenvalue weighted by atomic mass is 15.1. The van der Waals surface area contributed by atoms with Gasteiger partial charge in [-0.3, -0.25) is 0 Å². The molecule has 1 aliphatic rings. The molecule has 72 valence electrons. The van der Waals surface area contributed by atoms with Crippen molar-refractivity contribution < 1.29 is 0 Å². The van der Waals surface area contributed by atoms with Crippen LogP contribution >= 0.6 is 0 Å². The van der Waals surface area contributed by atoms with Gasteiger partial charge in [-0.05, 0) is 25.8 Å². The smallest absolute Gasteiger partial charge is 0.125 e. The number of hydrogen-bond donors (Lipinski definition) is 1. The lowest BCUT2D eigenvalue weighted by atomic mass is 9.79. The molecule has 1 unspecified atom stereocenters. The summed E-state index contributed by atoms with van der Waals surface area (Å²) in [6.07, 6.45) is 7.96. The van der Waals surface area contributed by atoms with Crippen molar-refractivity contribution in [1.29, 1.82) is 0 Å². The van der Waals surface area contributed by atoms with E-state index in [-0.39, 0.29) is 0 Å². The van der Waals surface area contributed by atoms with Gasteiger partial charge in [-0.25, -0.2) is 4.98 Å². The lowest BCUT2D eigenvalue weighted by Crippen LogP contribution is -2.31. The standard InChI is InChI=1S/C10H17N3/c1-11-9(8-4-3-5-8)10-12-6-7-13(10)2/h6-9,11H,3-5H2,1-2H3. The summed E-state index contributed by atoms with van der Waals surface area (Å²) in [6, 6.07) is 0.453. The van der Waals surface area contributed by atoms with Crippen molar-refractivity contribution >= 4 is 0 Å². The molecule has 13 heavy (non-hydrogen) atoms. The first-order valence-electron chi connectivity index (χ1n) is 4.97. The fourth-order valence-electron chi connectivity index (χ4n) is 2.03. The Morgan fingerprint density at radius 1 is 1.62 bits per heavy atom. The highest BCUT2D eigenvalue weighted by Gasteiger charge is 2.29. The molecule has 1 saturated carbocycles. The van der Waals surface area contributed by atoms with Gasteiger partial charge in [-0.2, -0.15) is 0 Å². The summed E-state index contributed by atoms with van der Waals surface area (Å²) < 4.78 is 2.11. The first-order valence-corrected chi connectivity index (χ1v) is 4.97. The number of nitrogens with one attached hydrogen (secondary N) is 1. The monoisotopic (exact) mass is 179 g/mol. The Bertz CT molecular complexity index is 275. The maximum absolute atomic E-state index is 4.39. The van der Waals surface area contributed by atoms with Crippen molar-refractivity contribution in [2.45, 2.75) is 25.3 Å². The molecule has 1 aliphatic carbocycles. The summed E-state index contributed by atoms with van der Waals surface area (Å²) >= 11 is 0. The quantitative estimate of drug-likeness (QED) is 0.761. The van der Waals surface area contributed by atoms with Gasteiger partial charge in [0.25, 0.3) is 0 Å². The minimum atomic E-state index is 0.453. The van der Waals surface area contributed by atoms with E-state index in [4.69, 9.17) is 0 Å². The molecular formula is C10H17N3. The zero-order valence-electron chi connectivity index (χ0n) is 8.33. The van der Waals surface area contributed by atoms with Crippen LogP contribution in [0.25, 0.3) is 0 Å². The van der Waals surface area contributed by atoms with Crippen LogP contribution in [0.2, 0.25) is 0 Å². The minimum absolute atomic E-state index is 0.453. The molecule has 0 spiro atoms. The van der Waals surface area contributed by atoms with Crippen LogP contribution in [0.4, 0.5) is 0 Å². The topological polar surface area (TPSA) is 29.9 Å². The molecule has 0 amide bonds. The molecule has 0 radical (unpaired) electrons. The van der Waals surface area contributed by atoms with Crippen molar-refractivity contribution in [3.8, 4) is 0 Å². The van der Waals surface area contributed by atoms with Crippen molar-refractivity contribution in [3.63, 3.8) is 0 Å². The first kappa shape index (κ1) is 8.75. The summed E-state index contributed by atoms with van der Waals surface area (Å²) in [7, 11) is 4.09. The third-order valence-corrected chi connectivity index (χ3v) is 3.07. The van der Waals surface area contributed by atoms with E-state index < -0.39 is 0 Å². The van der Waals surface area contributed by atoms with Crippen molar-refractivity contribution in [2.24, 2.45) is 13.0 Å². The van der Waals surface area contributed by atoms with E-state index in [0.717, 1.165) is 5.92 Å². The molecule has 1 heterocycles. The van der Waals surface area contributed by atoms with Crippen LogP contribution in [0.1, 0.15) is 31.1 Å². The van der Waals surface area contributed by atoms with Crippen molar-refractivity contribution in [2.75, 3.05) is 7.05 Å². The second-order valence-electron chi connectivity index (χ2n) is 3.85. The van der Waals surface area contributed by atoms with Crippen LogP contribution in [0.15, 0.2) is 12.4 Å². The molecule has 0 aromatic carbocycles. The molecule has 0 saturated heterocycles. The third kappa shape index (κ3) is 1.48. The number of hydrogen-bond acceptors (Lipinski definition) is 2. The van der Waals surface area contributed by atoms with E-state index >= 15 is 0 Å². The Hall–Kier alpha value is -0.830. The predicted octanol–water partition coefficient (Wildman–Crippen LogP) is 1.48. The van der Waals surface area contributed by atoms with Gasteiger partial charge in [-0.15, -0.1) is 0 Å². The van der Waals surface area contributed by atoms with E-state index in [0.29, 0.717) is 6.04 Å². The molecule has 0 bridgehead atoms. The third-order valence-electron chi connectivity index (χ3n) is 3.07. The average Bonchev–Trinajstić information content (AvgIpc) is 2.43. The van der Waals surface area contributed by atoms with Crippen LogP contribution < -0.4 is 5.32 Å². The van der Waals surface area contributed by atoms with Crippen LogP contribution in [-0.4, -0.2) is 16.6 Å². The van der Waals surface area contributed by atoms with E-state index in [2.05, 4.69) is 21.9 Å². The van der Waals surface area contributed by atoms with Crippen molar-refractivity contribution in [3.05, 3.63) is 18.2 Å². The zero-order valence-corrected chi connectivity index (χ0v) is 8.33. The molecular weight excluding hydrogens is 162 g/mol. The first-order chi connectivity index (χ1) is 6.33. The molecule has 2 rings (SSSR count).